The van der Waals surface area contributed by atoms with E-state index in [9.17, 15) is 0 Å². The summed E-state index contributed by atoms with van der Waals surface area (Å²) < 4.78 is 0.811. The molecule has 0 aromatic carbocycles. The second-order valence-corrected chi connectivity index (χ2v) is 3.07. The molecule has 0 aliphatic rings. The predicted octanol–water partition coefficient (Wildman–Crippen LogP) is 1.22. The number of hydrogen-bond acceptors (Lipinski definition) is 3. The van der Waals surface area contributed by atoms with E-state index in [1.807, 2.05) is 12.1 Å². The van der Waals surface area contributed by atoms with Crippen molar-refractivity contribution in [3.05, 3.63) is 28.5 Å². The number of rotatable bonds is 2. The maximum atomic E-state index is 5.66. The van der Waals surface area contributed by atoms with Gasteiger partial charge in [0.05, 0.1) is 0 Å². The zero-order valence-electron chi connectivity index (χ0n) is 6.40. The van der Waals surface area contributed by atoms with Gasteiger partial charge in [-0.15, -0.1) is 12.4 Å². The Balaban J connectivity index is 0.00000121. The fraction of sp³-hybridized carbons (Fsp3) is 0.286. The minimum atomic E-state index is -0.101. The summed E-state index contributed by atoms with van der Waals surface area (Å²) in [4.78, 5) is 4.03. The van der Waals surface area contributed by atoms with Crippen LogP contribution in [0.2, 0.25) is 0 Å². The Morgan fingerprint density at radius 2 is 2.17 bits per heavy atom. The molecule has 1 aromatic heterocycles. The average molecular weight is 253 g/mol. The molecule has 0 bridgehead atoms. The second-order valence-electron chi connectivity index (χ2n) is 2.26. The van der Waals surface area contributed by atoms with E-state index >= 15 is 0 Å². The van der Waals surface area contributed by atoms with Crippen LogP contribution in [0.3, 0.4) is 0 Å². The minimum Gasteiger partial charge on any atom is -0.329 e. The molecule has 1 rings (SSSR count). The molecule has 0 fully saturated rings. The van der Waals surface area contributed by atoms with Crippen molar-refractivity contribution < 1.29 is 0 Å². The van der Waals surface area contributed by atoms with Gasteiger partial charge < -0.3 is 11.5 Å². The lowest BCUT2D eigenvalue weighted by Gasteiger charge is -2.07. The topological polar surface area (TPSA) is 64.9 Å². The van der Waals surface area contributed by atoms with Gasteiger partial charge in [-0.3, -0.25) is 0 Å². The van der Waals surface area contributed by atoms with Crippen molar-refractivity contribution in [3.63, 3.8) is 0 Å². The summed E-state index contributed by atoms with van der Waals surface area (Å²) >= 11 is 3.23. The zero-order valence-corrected chi connectivity index (χ0v) is 8.81. The molecule has 0 aliphatic carbocycles. The number of aromatic nitrogens is 1. The molecule has 1 atom stereocenters. The van der Waals surface area contributed by atoms with Gasteiger partial charge in [0.1, 0.15) is 4.60 Å². The SMILES string of the molecule is Cl.NC[C@H](N)c1ccc(Br)nc1. The van der Waals surface area contributed by atoms with Crippen LogP contribution in [0.15, 0.2) is 22.9 Å². The van der Waals surface area contributed by atoms with Crippen molar-refractivity contribution in [2.45, 2.75) is 6.04 Å². The molecule has 0 aliphatic heterocycles. The Morgan fingerprint density at radius 3 is 2.58 bits per heavy atom. The van der Waals surface area contributed by atoms with E-state index in [4.69, 9.17) is 11.5 Å². The van der Waals surface area contributed by atoms with Crippen LogP contribution in [-0.2, 0) is 0 Å². The lowest BCUT2D eigenvalue weighted by molar-refractivity contribution is 0.732. The Hall–Kier alpha value is -0.160. The lowest BCUT2D eigenvalue weighted by atomic mass is 10.1. The highest BCUT2D eigenvalue weighted by Gasteiger charge is 2.02. The molecule has 1 heterocycles. The van der Waals surface area contributed by atoms with Crippen LogP contribution in [-0.4, -0.2) is 11.5 Å². The zero-order chi connectivity index (χ0) is 8.27. The van der Waals surface area contributed by atoms with Crippen LogP contribution in [0.1, 0.15) is 11.6 Å². The molecule has 4 N–H and O–H groups in total. The first kappa shape index (κ1) is 11.8. The monoisotopic (exact) mass is 251 g/mol. The first-order valence-corrected chi connectivity index (χ1v) is 4.10. The van der Waals surface area contributed by atoms with Gasteiger partial charge in [0.25, 0.3) is 0 Å². The molecule has 5 heteroatoms. The average Bonchev–Trinajstić information content (AvgIpc) is 2.05. The van der Waals surface area contributed by atoms with Gasteiger partial charge in [-0.2, -0.15) is 0 Å². The van der Waals surface area contributed by atoms with Crippen LogP contribution < -0.4 is 11.5 Å². The molecule has 0 unspecified atom stereocenters. The molecule has 0 saturated carbocycles. The van der Waals surface area contributed by atoms with Crippen LogP contribution in [0.4, 0.5) is 0 Å². The highest BCUT2D eigenvalue weighted by Crippen LogP contribution is 2.10. The maximum absolute atomic E-state index is 5.66. The summed E-state index contributed by atoms with van der Waals surface area (Å²) in [5, 5.41) is 0. The van der Waals surface area contributed by atoms with Crippen molar-refractivity contribution >= 4 is 28.3 Å². The third-order valence-corrected chi connectivity index (χ3v) is 1.90. The van der Waals surface area contributed by atoms with Crippen molar-refractivity contribution in [3.8, 4) is 0 Å². The largest absolute Gasteiger partial charge is 0.329 e. The molecule has 68 valence electrons. The minimum absolute atomic E-state index is 0. The van der Waals surface area contributed by atoms with Gasteiger partial charge in [-0.1, -0.05) is 6.07 Å². The van der Waals surface area contributed by atoms with Crippen molar-refractivity contribution in [1.82, 2.24) is 4.98 Å². The van der Waals surface area contributed by atoms with E-state index in [1.165, 1.54) is 0 Å². The van der Waals surface area contributed by atoms with E-state index in [0.717, 1.165) is 10.2 Å². The van der Waals surface area contributed by atoms with Crippen LogP contribution in [0.25, 0.3) is 0 Å². The Kier molecular flexibility index (Phi) is 5.41. The van der Waals surface area contributed by atoms with Crippen LogP contribution in [0, 0.1) is 0 Å². The molecular weight excluding hydrogens is 241 g/mol. The molecule has 3 nitrogen and oxygen atoms in total. The maximum Gasteiger partial charge on any atom is 0.106 e. The van der Waals surface area contributed by atoms with Gasteiger partial charge in [-0.25, -0.2) is 4.98 Å². The fourth-order valence-corrected chi connectivity index (χ4v) is 0.977. The number of nitrogens with two attached hydrogens (primary N) is 2. The van der Waals surface area contributed by atoms with Crippen LogP contribution in [0.5, 0.6) is 0 Å². The number of halogens is 2. The summed E-state index contributed by atoms with van der Waals surface area (Å²) in [5.41, 5.74) is 12.0. The summed E-state index contributed by atoms with van der Waals surface area (Å²) in [5.74, 6) is 0. The van der Waals surface area contributed by atoms with Gasteiger partial charge in [-0.05, 0) is 27.6 Å². The first-order chi connectivity index (χ1) is 5.24. The van der Waals surface area contributed by atoms with E-state index in [1.54, 1.807) is 6.20 Å². The molecule has 0 amide bonds. The number of hydrogen-bond donors (Lipinski definition) is 2. The van der Waals surface area contributed by atoms with Crippen molar-refractivity contribution in [2.24, 2.45) is 11.5 Å². The van der Waals surface area contributed by atoms with E-state index in [2.05, 4.69) is 20.9 Å². The standard InChI is InChI=1S/C7H10BrN3.ClH/c8-7-2-1-5(4-11-7)6(10)3-9;/h1-2,4,6H,3,9-10H2;1H/t6-;/m0./s1. The number of nitrogens with zero attached hydrogens (tertiary/aromatic N) is 1. The predicted molar refractivity (Wildman–Crippen MR) is 55.2 cm³/mol. The van der Waals surface area contributed by atoms with E-state index < -0.39 is 0 Å². The lowest BCUT2D eigenvalue weighted by Crippen LogP contribution is -2.20. The highest BCUT2D eigenvalue weighted by molar-refractivity contribution is 9.10. The molecule has 0 saturated heterocycles. The van der Waals surface area contributed by atoms with Crippen molar-refractivity contribution in [1.29, 1.82) is 0 Å². The van der Waals surface area contributed by atoms with E-state index in [-0.39, 0.29) is 18.4 Å². The summed E-state index contributed by atoms with van der Waals surface area (Å²) in [6, 6.07) is 3.66. The Morgan fingerprint density at radius 1 is 1.50 bits per heavy atom. The quantitative estimate of drug-likeness (QED) is 0.778. The third-order valence-electron chi connectivity index (χ3n) is 1.43. The molecule has 0 radical (unpaired) electrons. The molecular formula is C7H11BrClN3. The smallest absolute Gasteiger partial charge is 0.106 e. The second kappa shape index (κ2) is 5.48. The summed E-state index contributed by atoms with van der Waals surface area (Å²) in [6.07, 6.45) is 1.72. The third kappa shape index (κ3) is 3.06. The Bertz CT molecular complexity index is 227. The van der Waals surface area contributed by atoms with E-state index in [0.29, 0.717) is 6.54 Å². The summed E-state index contributed by atoms with van der Waals surface area (Å²) in [7, 11) is 0. The molecule has 1 aromatic rings. The number of pyridine rings is 1. The van der Waals surface area contributed by atoms with Gasteiger partial charge >= 0.3 is 0 Å². The first-order valence-electron chi connectivity index (χ1n) is 3.31. The van der Waals surface area contributed by atoms with Crippen LogP contribution >= 0.6 is 28.3 Å². The van der Waals surface area contributed by atoms with Gasteiger partial charge in [0.2, 0.25) is 0 Å². The van der Waals surface area contributed by atoms with Crippen molar-refractivity contribution in [2.75, 3.05) is 6.54 Å². The molecule has 0 spiro atoms. The van der Waals surface area contributed by atoms with Gasteiger partial charge in [0, 0.05) is 18.8 Å². The normalized spacial score (nSPS) is 11.9. The fourth-order valence-electron chi connectivity index (χ4n) is 0.743. The summed E-state index contributed by atoms with van der Waals surface area (Å²) in [6.45, 7) is 0.448. The highest BCUT2D eigenvalue weighted by atomic mass is 79.9. The Labute approximate surface area is 86.1 Å². The van der Waals surface area contributed by atoms with Gasteiger partial charge in [0.15, 0.2) is 0 Å². The molecule has 12 heavy (non-hydrogen) atoms.